The minimum absolute atomic E-state index is 0.00678. The summed E-state index contributed by atoms with van der Waals surface area (Å²) in [6.45, 7) is 13.4. The molecule has 17 heavy (non-hydrogen) atoms. The van der Waals surface area contributed by atoms with Crippen LogP contribution in [0, 0.1) is 10.2 Å². The Kier molecular flexibility index (Phi) is 4.18. The van der Waals surface area contributed by atoms with Crippen molar-refractivity contribution in [2.75, 3.05) is 0 Å². The first kappa shape index (κ1) is 14.4. The molecule has 1 aromatic rings. The first-order valence-electron chi connectivity index (χ1n) is 6.34. The molecule has 0 bridgehead atoms. The molecule has 0 saturated heterocycles. The molecule has 0 aliphatic carbocycles. The summed E-state index contributed by atoms with van der Waals surface area (Å²) < 4.78 is 2.93. The Morgan fingerprint density at radius 2 is 1.82 bits per heavy atom. The van der Waals surface area contributed by atoms with Gasteiger partial charge in [0.05, 0.1) is 0 Å². The molecule has 1 aromatic heterocycles. The minimum atomic E-state index is 0.00678. The zero-order chi connectivity index (χ0) is 13.3. The zero-order valence-corrected chi connectivity index (χ0v) is 12.7. The Bertz CT molecular complexity index is 421. The molecule has 0 atom stereocenters. The van der Waals surface area contributed by atoms with E-state index in [1.54, 1.807) is 0 Å². The van der Waals surface area contributed by atoms with E-state index in [-0.39, 0.29) is 11.0 Å². The van der Waals surface area contributed by atoms with Crippen molar-refractivity contribution in [2.45, 2.75) is 66.3 Å². The van der Waals surface area contributed by atoms with Gasteiger partial charge in [-0.15, -0.1) is 0 Å². The number of H-pyrrole nitrogens is 1. The van der Waals surface area contributed by atoms with Crippen molar-refractivity contribution in [2.24, 2.45) is 5.41 Å². The predicted octanol–water partition coefficient (Wildman–Crippen LogP) is 4.06. The van der Waals surface area contributed by atoms with Crippen LogP contribution in [0.15, 0.2) is 0 Å². The monoisotopic (exact) mass is 255 g/mol. The van der Waals surface area contributed by atoms with Crippen LogP contribution in [0.5, 0.6) is 0 Å². The van der Waals surface area contributed by atoms with Gasteiger partial charge >= 0.3 is 0 Å². The van der Waals surface area contributed by atoms with Crippen molar-refractivity contribution >= 4 is 12.2 Å². The van der Waals surface area contributed by atoms with E-state index in [0.717, 1.165) is 29.9 Å². The number of nitrogens with zero attached hydrogens (tertiary/aromatic N) is 2. The van der Waals surface area contributed by atoms with Gasteiger partial charge in [-0.05, 0) is 44.3 Å². The minimum Gasteiger partial charge on any atom is -0.298 e. The van der Waals surface area contributed by atoms with E-state index >= 15 is 0 Å². The number of hydrogen-bond acceptors (Lipinski definition) is 2. The van der Waals surface area contributed by atoms with E-state index in [1.165, 1.54) is 0 Å². The standard InChI is InChI=1S/C13H25N3S/c1-7-8-10-14-15-11(17)16(10)13(5,6)9-12(2,3)4/h7-9H2,1-6H3,(H,15,17). The molecule has 0 unspecified atom stereocenters. The van der Waals surface area contributed by atoms with Crippen LogP contribution >= 0.6 is 12.2 Å². The summed E-state index contributed by atoms with van der Waals surface area (Å²) in [5.41, 5.74) is 0.284. The van der Waals surface area contributed by atoms with Gasteiger partial charge in [0, 0.05) is 12.0 Å². The molecular formula is C13H25N3S. The highest BCUT2D eigenvalue weighted by Crippen LogP contribution is 2.33. The molecule has 1 rings (SSSR count). The topological polar surface area (TPSA) is 33.6 Å². The van der Waals surface area contributed by atoms with E-state index in [9.17, 15) is 0 Å². The third-order valence-electron chi connectivity index (χ3n) is 2.78. The molecular weight excluding hydrogens is 230 g/mol. The Labute approximate surface area is 110 Å². The molecule has 0 aliphatic rings. The first-order chi connectivity index (χ1) is 7.67. The van der Waals surface area contributed by atoms with Crippen molar-refractivity contribution < 1.29 is 0 Å². The van der Waals surface area contributed by atoms with E-state index in [0.29, 0.717) is 0 Å². The van der Waals surface area contributed by atoms with Gasteiger partial charge in [0.25, 0.3) is 0 Å². The molecule has 1 N–H and O–H groups in total. The Morgan fingerprint density at radius 1 is 1.24 bits per heavy atom. The largest absolute Gasteiger partial charge is 0.298 e. The highest BCUT2D eigenvalue weighted by Gasteiger charge is 2.29. The molecule has 3 nitrogen and oxygen atoms in total. The SMILES string of the molecule is CCCc1n[nH]c(=S)n1C(C)(C)CC(C)(C)C. The normalized spacial score (nSPS) is 13.1. The maximum atomic E-state index is 5.37. The van der Waals surface area contributed by atoms with Crippen molar-refractivity contribution in [3.8, 4) is 0 Å². The van der Waals surface area contributed by atoms with Crippen LogP contribution in [0.2, 0.25) is 0 Å². The first-order valence-corrected chi connectivity index (χ1v) is 6.75. The molecule has 0 saturated carbocycles. The average molecular weight is 255 g/mol. The van der Waals surface area contributed by atoms with E-state index in [4.69, 9.17) is 12.2 Å². The Balaban J connectivity index is 3.13. The van der Waals surface area contributed by atoms with Gasteiger partial charge in [-0.25, -0.2) is 0 Å². The second kappa shape index (κ2) is 4.92. The molecule has 0 aliphatic heterocycles. The van der Waals surface area contributed by atoms with Crippen LogP contribution in [0.1, 0.15) is 60.2 Å². The van der Waals surface area contributed by atoms with Crippen LogP contribution in [-0.4, -0.2) is 14.8 Å². The van der Waals surface area contributed by atoms with Crippen molar-refractivity contribution in [3.63, 3.8) is 0 Å². The highest BCUT2D eigenvalue weighted by molar-refractivity contribution is 7.71. The Morgan fingerprint density at radius 3 is 2.29 bits per heavy atom. The van der Waals surface area contributed by atoms with Crippen LogP contribution in [-0.2, 0) is 12.0 Å². The van der Waals surface area contributed by atoms with Gasteiger partial charge in [0.15, 0.2) is 4.77 Å². The van der Waals surface area contributed by atoms with Crippen LogP contribution in [0.25, 0.3) is 0 Å². The van der Waals surface area contributed by atoms with Gasteiger partial charge in [0.2, 0.25) is 0 Å². The average Bonchev–Trinajstić information content (AvgIpc) is 2.43. The number of aromatic amines is 1. The fourth-order valence-electron chi connectivity index (χ4n) is 2.72. The lowest BCUT2D eigenvalue weighted by atomic mass is 9.81. The lowest BCUT2D eigenvalue weighted by Crippen LogP contribution is -2.33. The molecule has 0 radical (unpaired) electrons. The summed E-state index contributed by atoms with van der Waals surface area (Å²) in [7, 11) is 0. The highest BCUT2D eigenvalue weighted by atomic mass is 32.1. The number of nitrogens with one attached hydrogen (secondary N) is 1. The van der Waals surface area contributed by atoms with Crippen molar-refractivity contribution in [1.29, 1.82) is 0 Å². The third-order valence-corrected chi connectivity index (χ3v) is 3.06. The maximum absolute atomic E-state index is 5.37. The van der Waals surface area contributed by atoms with Crippen molar-refractivity contribution in [1.82, 2.24) is 14.8 Å². The van der Waals surface area contributed by atoms with Crippen LogP contribution < -0.4 is 0 Å². The summed E-state index contributed by atoms with van der Waals surface area (Å²) >= 11 is 5.37. The summed E-state index contributed by atoms with van der Waals surface area (Å²) in [4.78, 5) is 0. The fraction of sp³-hybridized carbons (Fsp3) is 0.846. The second-order valence-electron chi connectivity index (χ2n) is 6.58. The summed E-state index contributed by atoms with van der Waals surface area (Å²) in [6, 6.07) is 0. The van der Waals surface area contributed by atoms with Gasteiger partial charge in [0.1, 0.15) is 5.82 Å². The molecule has 0 amide bonds. The number of hydrogen-bond donors (Lipinski definition) is 1. The van der Waals surface area contributed by atoms with Crippen molar-refractivity contribution in [3.05, 3.63) is 10.6 Å². The summed E-state index contributed by atoms with van der Waals surface area (Å²) in [5.74, 6) is 1.08. The van der Waals surface area contributed by atoms with E-state index < -0.39 is 0 Å². The molecule has 1 heterocycles. The molecule has 0 aromatic carbocycles. The lowest BCUT2D eigenvalue weighted by Gasteiger charge is -2.34. The quantitative estimate of drug-likeness (QED) is 0.823. The van der Waals surface area contributed by atoms with Gasteiger partial charge in [-0.1, -0.05) is 27.7 Å². The fourth-order valence-corrected chi connectivity index (χ4v) is 3.12. The summed E-state index contributed by atoms with van der Waals surface area (Å²) in [6.07, 6.45) is 3.14. The summed E-state index contributed by atoms with van der Waals surface area (Å²) in [5, 5.41) is 7.28. The lowest BCUT2D eigenvalue weighted by molar-refractivity contribution is 0.208. The maximum Gasteiger partial charge on any atom is 0.195 e. The van der Waals surface area contributed by atoms with Gasteiger partial charge in [-0.2, -0.15) is 5.10 Å². The van der Waals surface area contributed by atoms with E-state index in [1.807, 2.05) is 0 Å². The zero-order valence-electron chi connectivity index (χ0n) is 11.9. The number of rotatable bonds is 4. The van der Waals surface area contributed by atoms with Gasteiger partial charge in [-0.3, -0.25) is 9.67 Å². The third kappa shape index (κ3) is 3.66. The second-order valence-corrected chi connectivity index (χ2v) is 6.97. The van der Waals surface area contributed by atoms with E-state index in [2.05, 4.69) is 56.3 Å². The number of aryl methyl sites for hydroxylation is 1. The molecule has 0 spiro atoms. The molecule has 4 heteroatoms. The predicted molar refractivity (Wildman–Crippen MR) is 74.8 cm³/mol. The Hall–Kier alpha value is -0.640. The molecule has 98 valence electrons. The van der Waals surface area contributed by atoms with Gasteiger partial charge < -0.3 is 0 Å². The van der Waals surface area contributed by atoms with Crippen LogP contribution in [0.3, 0.4) is 0 Å². The smallest absolute Gasteiger partial charge is 0.195 e. The molecule has 0 fully saturated rings. The number of aromatic nitrogens is 3. The van der Waals surface area contributed by atoms with Crippen LogP contribution in [0.4, 0.5) is 0 Å².